The lowest BCUT2D eigenvalue weighted by Crippen LogP contribution is -2.25. The zero-order valence-corrected chi connectivity index (χ0v) is 13.3. The maximum absolute atomic E-state index is 12.3. The average molecular weight is 291 g/mol. The molecule has 0 saturated carbocycles. The third kappa shape index (κ3) is 3.10. The molecule has 0 amide bonds. The van der Waals surface area contributed by atoms with Crippen molar-refractivity contribution in [3.63, 3.8) is 0 Å². The molecule has 108 valence electrons. The molecule has 2 aromatic rings. The Bertz CT molecular complexity index is 645. The Morgan fingerprint density at radius 3 is 2.80 bits per heavy atom. The van der Waals surface area contributed by atoms with E-state index in [9.17, 15) is 4.79 Å². The van der Waals surface area contributed by atoms with E-state index in [2.05, 4.69) is 44.1 Å². The van der Waals surface area contributed by atoms with Gasteiger partial charge in [0.25, 0.3) is 5.56 Å². The van der Waals surface area contributed by atoms with Crippen LogP contribution >= 0.6 is 11.3 Å². The third-order valence-corrected chi connectivity index (χ3v) is 4.26. The van der Waals surface area contributed by atoms with Crippen molar-refractivity contribution in [1.29, 1.82) is 0 Å². The molecular formula is C15H21N3OS. The normalized spacial score (nSPS) is 12.4. The van der Waals surface area contributed by atoms with Gasteiger partial charge in [-0.2, -0.15) is 0 Å². The number of aryl methyl sites for hydroxylation is 3. The second kappa shape index (κ2) is 6.22. The first-order chi connectivity index (χ1) is 9.52. The summed E-state index contributed by atoms with van der Waals surface area (Å²) in [4.78, 5) is 19.0. The van der Waals surface area contributed by atoms with Crippen molar-refractivity contribution in [1.82, 2.24) is 9.55 Å². The summed E-state index contributed by atoms with van der Waals surface area (Å²) in [5, 5.41) is 3.24. The van der Waals surface area contributed by atoms with Gasteiger partial charge in [0.05, 0.1) is 6.04 Å². The number of anilines is 1. The zero-order valence-electron chi connectivity index (χ0n) is 12.4. The van der Waals surface area contributed by atoms with Gasteiger partial charge in [-0.3, -0.25) is 4.79 Å². The van der Waals surface area contributed by atoms with Gasteiger partial charge in [0.1, 0.15) is 0 Å². The lowest BCUT2D eigenvalue weighted by molar-refractivity contribution is 0.648. The molecule has 0 aliphatic carbocycles. The quantitative estimate of drug-likeness (QED) is 0.917. The molecule has 0 radical (unpaired) electrons. The molecule has 0 spiro atoms. The molecule has 0 bridgehead atoms. The van der Waals surface area contributed by atoms with Gasteiger partial charge < -0.3 is 9.88 Å². The van der Waals surface area contributed by atoms with Gasteiger partial charge in [0.15, 0.2) is 5.82 Å². The van der Waals surface area contributed by atoms with E-state index in [0.717, 1.165) is 13.0 Å². The van der Waals surface area contributed by atoms with Crippen LogP contribution in [0.3, 0.4) is 0 Å². The lowest BCUT2D eigenvalue weighted by Gasteiger charge is -2.15. The predicted octanol–water partition coefficient (Wildman–Crippen LogP) is 3.50. The number of hydrogen-bond donors (Lipinski definition) is 1. The smallest absolute Gasteiger partial charge is 0.293 e. The molecule has 1 atom stereocenters. The summed E-state index contributed by atoms with van der Waals surface area (Å²) >= 11 is 1.78. The van der Waals surface area contributed by atoms with E-state index in [0.29, 0.717) is 5.82 Å². The highest BCUT2D eigenvalue weighted by Gasteiger charge is 2.13. The molecular weight excluding hydrogens is 270 g/mol. The minimum absolute atomic E-state index is 0.0502. The Labute approximate surface area is 123 Å². The van der Waals surface area contributed by atoms with Gasteiger partial charge in [-0.05, 0) is 38.8 Å². The summed E-state index contributed by atoms with van der Waals surface area (Å²) in [6.07, 6.45) is 4.35. The molecule has 2 aromatic heterocycles. The van der Waals surface area contributed by atoms with Crippen LogP contribution < -0.4 is 10.9 Å². The monoisotopic (exact) mass is 291 g/mol. The highest BCUT2D eigenvalue weighted by Crippen LogP contribution is 2.27. The van der Waals surface area contributed by atoms with Crippen molar-refractivity contribution in [3.8, 4) is 0 Å². The summed E-state index contributed by atoms with van der Waals surface area (Å²) in [7, 11) is 0. The molecule has 1 N–H and O–H groups in total. The summed E-state index contributed by atoms with van der Waals surface area (Å²) in [5.41, 5.74) is 1.19. The average Bonchev–Trinajstić information content (AvgIpc) is 2.73. The van der Waals surface area contributed by atoms with Crippen LogP contribution in [-0.4, -0.2) is 9.55 Å². The van der Waals surface area contributed by atoms with Crippen LogP contribution in [0.15, 0.2) is 23.3 Å². The minimum Gasteiger partial charge on any atom is -0.359 e. The fraction of sp³-hybridized carbons (Fsp3) is 0.467. The van der Waals surface area contributed by atoms with Gasteiger partial charge in [0, 0.05) is 28.7 Å². The van der Waals surface area contributed by atoms with Crippen molar-refractivity contribution < 1.29 is 0 Å². The fourth-order valence-electron chi connectivity index (χ4n) is 2.33. The van der Waals surface area contributed by atoms with Crippen LogP contribution in [0.5, 0.6) is 0 Å². The summed E-state index contributed by atoms with van der Waals surface area (Å²) in [6, 6.07) is 2.25. The van der Waals surface area contributed by atoms with Gasteiger partial charge in [-0.1, -0.05) is 6.92 Å². The largest absolute Gasteiger partial charge is 0.359 e. The van der Waals surface area contributed by atoms with Crippen LogP contribution in [0, 0.1) is 13.8 Å². The summed E-state index contributed by atoms with van der Waals surface area (Å²) in [5.74, 6) is 0.428. The number of thiophene rings is 1. The van der Waals surface area contributed by atoms with Crippen molar-refractivity contribution >= 4 is 17.2 Å². The van der Waals surface area contributed by atoms with Crippen LogP contribution in [-0.2, 0) is 6.54 Å². The van der Waals surface area contributed by atoms with Crippen LogP contribution in [0.25, 0.3) is 0 Å². The van der Waals surface area contributed by atoms with Gasteiger partial charge in [-0.15, -0.1) is 11.3 Å². The third-order valence-electron chi connectivity index (χ3n) is 3.28. The molecule has 0 aromatic carbocycles. The Morgan fingerprint density at radius 1 is 1.45 bits per heavy atom. The number of nitrogens with zero attached hydrogens (tertiary/aromatic N) is 2. The first-order valence-corrected chi connectivity index (χ1v) is 7.73. The second-order valence-electron chi connectivity index (χ2n) is 5.01. The SMILES string of the molecule is CCCn1ccnc(NC(C)c2cc(C)sc2C)c1=O. The van der Waals surface area contributed by atoms with Crippen LogP contribution in [0.2, 0.25) is 0 Å². The maximum atomic E-state index is 12.3. The van der Waals surface area contributed by atoms with E-state index in [-0.39, 0.29) is 11.6 Å². The maximum Gasteiger partial charge on any atom is 0.293 e. The first kappa shape index (κ1) is 14.8. The Hall–Kier alpha value is -1.62. The van der Waals surface area contributed by atoms with E-state index < -0.39 is 0 Å². The molecule has 0 aliphatic heterocycles. The molecule has 0 aliphatic rings. The Balaban J connectivity index is 2.24. The van der Waals surface area contributed by atoms with Crippen LogP contribution in [0.1, 0.15) is 41.6 Å². The van der Waals surface area contributed by atoms with Crippen molar-refractivity contribution in [3.05, 3.63) is 44.1 Å². The number of rotatable bonds is 5. The Kier molecular flexibility index (Phi) is 4.60. The van der Waals surface area contributed by atoms with E-state index in [1.165, 1.54) is 15.3 Å². The van der Waals surface area contributed by atoms with Crippen LogP contribution in [0.4, 0.5) is 5.82 Å². The van der Waals surface area contributed by atoms with E-state index in [1.807, 2.05) is 0 Å². The fourth-order valence-corrected chi connectivity index (χ4v) is 3.35. The van der Waals surface area contributed by atoms with Crippen molar-refractivity contribution in [2.75, 3.05) is 5.32 Å². The number of hydrogen-bond acceptors (Lipinski definition) is 4. The van der Waals surface area contributed by atoms with Gasteiger partial charge in [0.2, 0.25) is 0 Å². The first-order valence-electron chi connectivity index (χ1n) is 6.91. The highest BCUT2D eigenvalue weighted by atomic mass is 32.1. The number of nitrogens with one attached hydrogen (secondary N) is 1. The standard InChI is InChI=1S/C15H21N3OS/c1-5-7-18-8-6-16-14(15(18)19)17-11(3)13-9-10(2)20-12(13)4/h6,8-9,11H,5,7H2,1-4H3,(H,16,17). The molecule has 1 unspecified atom stereocenters. The summed E-state index contributed by atoms with van der Waals surface area (Å²) in [6.45, 7) is 9.05. The number of aromatic nitrogens is 2. The van der Waals surface area contributed by atoms with Crippen molar-refractivity contribution in [2.24, 2.45) is 0 Å². The van der Waals surface area contributed by atoms with E-state index >= 15 is 0 Å². The molecule has 0 fully saturated rings. The predicted molar refractivity (Wildman–Crippen MR) is 84.6 cm³/mol. The molecule has 2 rings (SSSR count). The Morgan fingerprint density at radius 2 is 2.20 bits per heavy atom. The van der Waals surface area contributed by atoms with Gasteiger partial charge >= 0.3 is 0 Å². The van der Waals surface area contributed by atoms with Gasteiger partial charge in [-0.25, -0.2) is 4.98 Å². The molecule has 20 heavy (non-hydrogen) atoms. The van der Waals surface area contributed by atoms with Crippen molar-refractivity contribution in [2.45, 2.75) is 46.7 Å². The zero-order chi connectivity index (χ0) is 14.7. The minimum atomic E-state index is -0.0502. The molecule has 5 heteroatoms. The molecule has 2 heterocycles. The topological polar surface area (TPSA) is 46.9 Å². The molecule has 4 nitrogen and oxygen atoms in total. The summed E-state index contributed by atoms with van der Waals surface area (Å²) < 4.78 is 1.70. The second-order valence-corrected chi connectivity index (χ2v) is 6.47. The van der Waals surface area contributed by atoms with E-state index in [4.69, 9.17) is 0 Å². The molecule has 0 saturated heterocycles. The lowest BCUT2D eigenvalue weighted by atomic mass is 10.1. The highest BCUT2D eigenvalue weighted by molar-refractivity contribution is 7.12. The van der Waals surface area contributed by atoms with E-state index in [1.54, 1.807) is 28.3 Å².